The molecule has 0 spiro atoms. The first-order chi connectivity index (χ1) is 7.10. The van der Waals surface area contributed by atoms with Gasteiger partial charge in [-0.1, -0.05) is 23.7 Å². The SMILES string of the molecule is O=C1CCC(O)(c2cccc(Cl)c2)CC1. The molecule has 1 saturated carbocycles. The maximum atomic E-state index is 11.1. The van der Waals surface area contributed by atoms with Crippen LogP contribution in [0.2, 0.25) is 5.02 Å². The van der Waals surface area contributed by atoms with Crippen molar-refractivity contribution in [2.24, 2.45) is 0 Å². The van der Waals surface area contributed by atoms with Crippen LogP contribution in [0.3, 0.4) is 0 Å². The van der Waals surface area contributed by atoms with Crippen molar-refractivity contribution in [3.63, 3.8) is 0 Å². The highest BCUT2D eigenvalue weighted by molar-refractivity contribution is 6.30. The van der Waals surface area contributed by atoms with Crippen molar-refractivity contribution in [3.05, 3.63) is 34.9 Å². The zero-order chi connectivity index (χ0) is 10.9. The van der Waals surface area contributed by atoms with Crippen molar-refractivity contribution < 1.29 is 9.90 Å². The van der Waals surface area contributed by atoms with E-state index in [1.54, 1.807) is 12.1 Å². The minimum absolute atomic E-state index is 0.238. The normalized spacial score (nSPS) is 20.3. The van der Waals surface area contributed by atoms with Gasteiger partial charge in [-0.3, -0.25) is 4.79 Å². The fraction of sp³-hybridized carbons (Fsp3) is 0.417. The Morgan fingerprint density at radius 3 is 2.53 bits per heavy atom. The van der Waals surface area contributed by atoms with E-state index in [4.69, 9.17) is 11.6 Å². The molecule has 0 bridgehead atoms. The number of carbonyl (C=O) groups excluding carboxylic acids is 1. The van der Waals surface area contributed by atoms with Gasteiger partial charge in [0.15, 0.2) is 0 Å². The van der Waals surface area contributed by atoms with E-state index in [2.05, 4.69) is 0 Å². The zero-order valence-corrected chi connectivity index (χ0v) is 9.13. The van der Waals surface area contributed by atoms with E-state index >= 15 is 0 Å². The Balaban J connectivity index is 2.25. The highest BCUT2D eigenvalue weighted by atomic mass is 35.5. The van der Waals surface area contributed by atoms with Gasteiger partial charge in [-0.15, -0.1) is 0 Å². The standard InChI is InChI=1S/C12H13ClO2/c13-10-3-1-2-9(8-10)12(15)6-4-11(14)5-7-12/h1-3,8,15H,4-7H2. The summed E-state index contributed by atoms with van der Waals surface area (Å²) in [6, 6.07) is 7.24. The quantitative estimate of drug-likeness (QED) is 0.797. The molecule has 0 saturated heterocycles. The van der Waals surface area contributed by atoms with Crippen molar-refractivity contribution in [1.29, 1.82) is 0 Å². The number of aliphatic hydroxyl groups is 1. The lowest BCUT2D eigenvalue weighted by Crippen LogP contribution is -2.31. The second-order valence-corrected chi connectivity index (χ2v) is 4.52. The number of hydrogen-bond donors (Lipinski definition) is 1. The molecule has 3 heteroatoms. The van der Waals surface area contributed by atoms with Gasteiger partial charge in [-0.2, -0.15) is 0 Å². The van der Waals surface area contributed by atoms with E-state index in [1.807, 2.05) is 12.1 Å². The van der Waals surface area contributed by atoms with E-state index in [-0.39, 0.29) is 5.78 Å². The van der Waals surface area contributed by atoms with E-state index < -0.39 is 5.60 Å². The third kappa shape index (κ3) is 2.21. The number of halogens is 1. The summed E-state index contributed by atoms with van der Waals surface area (Å²) >= 11 is 5.88. The smallest absolute Gasteiger partial charge is 0.133 e. The largest absolute Gasteiger partial charge is 0.385 e. The minimum Gasteiger partial charge on any atom is -0.385 e. The Morgan fingerprint density at radius 1 is 1.27 bits per heavy atom. The molecule has 2 rings (SSSR count). The van der Waals surface area contributed by atoms with Gasteiger partial charge in [0.25, 0.3) is 0 Å². The molecule has 80 valence electrons. The van der Waals surface area contributed by atoms with Crippen molar-refractivity contribution in [2.45, 2.75) is 31.3 Å². The molecule has 0 aliphatic heterocycles. The summed E-state index contributed by atoms with van der Waals surface area (Å²) in [4.78, 5) is 11.1. The van der Waals surface area contributed by atoms with Crippen molar-refractivity contribution in [2.75, 3.05) is 0 Å². The molecule has 0 amide bonds. The molecule has 0 radical (unpaired) electrons. The summed E-state index contributed by atoms with van der Waals surface area (Å²) in [5, 5.41) is 11.0. The molecule has 1 aliphatic rings. The van der Waals surface area contributed by atoms with Crippen LogP contribution in [0.15, 0.2) is 24.3 Å². The number of Topliss-reactive ketones (excluding diaryl/α,β-unsaturated/α-hetero) is 1. The lowest BCUT2D eigenvalue weighted by atomic mass is 9.79. The summed E-state index contributed by atoms with van der Waals surface area (Å²) < 4.78 is 0. The van der Waals surface area contributed by atoms with E-state index in [9.17, 15) is 9.90 Å². The van der Waals surface area contributed by atoms with Crippen molar-refractivity contribution >= 4 is 17.4 Å². The van der Waals surface area contributed by atoms with Crippen LogP contribution in [0.5, 0.6) is 0 Å². The number of rotatable bonds is 1. The monoisotopic (exact) mass is 224 g/mol. The fourth-order valence-electron chi connectivity index (χ4n) is 2.01. The topological polar surface area (TPSA) is 37.3 Å². The van der Waals surface area contributed by atoms with Crippen LogP contribution in [0.4, 0.5) is 0 Å². The summed E-state index contributed by atoms with van der Waals surface area (Å²) in [7, 11) is 0. The Morgan fingerprint density at radius 2 is 1.93 bits per heavy atom. The Labute approximate surface area is 93.9 Å². The molecular weight excluding hydrogens is 212 g/mol. The van der Waals surface area contributed by atoms with Gasteiger partial charge >= 0.3 is 0 Å². The van der Waals surface area contributed by atoms with Crippen LogP contribution in [0.1, 0.15) is 31.2 Å². The molecule has 2 nitrogen and oxygen atoms in total. The van der Waals surface area contributed by atoms with Crippen LogP contribution in [-0.2, 0) is 10.4 Å². The molecule has 1 aliphatic carbocycles. The van der Waals surface area contributed by atoms with Crippen molar-refractivity contribution in [3.8, 4) is 0 Å². The van der Waals surface area contributed by atoms with Gasteiger partial charge < -0.3 is 5.11 Å². The number of hydrogen-bond acceptors (Lipinski definition) is 2. The summed E-state index contributed by atoms with van der Waals surface area (Å²) in [6.07, 6.45) is 1.93. The van der Waals surface area contributed by atoms with E-state index in [0.29, 0.717) is 30.7 Å². The Hall–Kier alpha value is -0.860. The van der Waals surface area contributed by atoms with Crippen LogP contribution < -0.4 is 0 Å². The second kappa shape index (κ2) is 3.95. The molecule has 1 aromatic rings. The Kier molecular flexibility index (Phi) is 2.81. The maximum Gasteiger partial charge on any atom is 0.133 e. The van der Waals surface area contributed by atoms with E-state index in [0.717, 1.165) is 5.56 Å². The highest BCUT2D eigenvalue weighted by Gasteiger charge is 2.33. The van der Waals surface area contributed by atoms with Crippen LogP contribution in [-0.4, -0.2) is 10.9 Å². The molecular formula is C12H13ClO2. The summed E-state index contributed by atoms with van der Waals surface area (Å²) in [6.45, 7) is 0. The van der Waals surface area contributed by atoms with Gasteiger partial charge in [0, 0.05) is 17.9 Å². The average Bonchev–Trinajstić information content (AvgIpc) is 2.23. The van der Waals surface area contributed by atoms with Gasteiger partial charge in [0.05, 0.1) is 5.60 Å². The number of benzene rings is 1. The fourth-order valence-corrected chi connectivity index (χ4v) is 2.20. The first-order valence-corrected chi connectivity index (χ1v) is 5.48. The van der Waals surface area contributed by atoms with Gasteiger partial charge in [0.1, 0.15) is 5.78 Å². The average molecular weight is 225 g/mol. The first-order valence-electron chi connectivity index (χ1n) is 5.10. The molecule has 0 aromatic heterocycles. The number of ketones is 1. The van der Waals surface area contributed by atoms with Crippen LogP contribution in [0.25, 0.3) is 0 Å². The van der Waals surface area contributed by atoms with Gasteiger partial charge in [-0.25, -0.2) is 0 Å². The molecule has 0 atom stereocenters. The minimum atomic E-state index is -0.862. The van der Waals surface area contributed by atoms with Crippen LogP contribution >= 0.6 is 11.6 Å². The predicted molar refractivity (Wildman–Crippen MR) is 58.8 cm³/mol. The zero-order valence-electron chi connectivity index (χ0n) is 8.37. The number of carbonyl (C=O) groups is 1. The van der Waals surface area contributed by atoms with Crippen molar-refractivity contribution in [1.82, 2.24) is 0 Å². The second-order valence-electron chi connectivity index (χ2n) is 4.08. The molecule has 15 heavy (non-hydrogen) atoms. The third-order valence-electron chi connectivity index (χ3n) is 3.00. The lowest BCUT2D eigenvalue weighted by molar-refractivity contribution is -0.125. The highest BCUT2D eigenvalue weighted by Crippen LogP contribution is 2.36. The first kappa shape index (κ1) is 10.7. The van der Waals surface area contributed by atoms with E-state index in [1.165, 1.54) is 0 Å². The van der Waals surface area contributed by atoms with Gasteiger partial charge in [0.2, 0.25) is 0 Å². The lowest BCUT2D eigenvalue weighted by Gasteiger charge is -2.32. The molecule has 1 fully saturated rings. The third-order valence-corrected chi connectivity index (χ3v) is 3.23. The molecule has 0 heterocycles. The predicted octanol–water partition coefficient (Wildman–Crippen LogP) is 2.67. The maximum absolute atomic E-state index is 11.1. The summed E-state index contributed by atoms with van der Waals surface area (Å²) in [5.41, 5.74) is -0.0405. The summed E-state index contributed by atoms with van der Waals surface area (Å²) in [5.74, 6) is 0.238. The van der Waals surface area contributed by atoms with Crippen LogP contribution in [0, 0.1) is 0 Å². The molecule has 0 unspecified atom stereocenters. The molecule has 1 aromatic carbocycles. The van der Waals surface area contributed by atoms with Gasteiger partial charge in [-0.05, 0) is 30.5 Å². The Bertz CT molecular complexity index is 377. The molecule has 1 N–H and O–H groups in total.